The van der Waals surface area contributed by atoms with E-state index in [0.717, 1.165) is 22.9 Å². The molecule has 2 aromatic rings. The van der Waals surface area contributed by atoms with E-state index >= 15 is 0 Å². The van der Waals surface area contributed by atoms with Gasteiger partial charge in [0.05, 0.1) is 0 Å². The summed E-state index contributed by atoms with van der Waals surface area (Å²) in [7, 11) is 1.92. The zero-order valence-electron chi connectivity index (χ0n) is 9.27. The third-order valence-electron chi connectivity index (χ3n) is 2.48. The van der Waals surface area contributed by atoms with Gasteiger partial charge in [0.25, 0.3) is 0 Å². The second-order valence-corrected chi connectivity index (χ2v) is 3.60. The molecule has 1 heterocycles. The van der Waals surface area contributed by atoms with Crippen LogP contribution in [-0.4, -0.2) is 18.6 Å². The molecule has 0 radical (unpaired) electrons. The molecular weight excluding hydrogens is 198 g/mol. The average molecular weight is 213 g/mol. The number of rotatable bonds is 3. The Labute approximate surface area is 95.0 Å². The summed E-state index contributed by atoms with van der Waals surface area (Å²) in [6, 6.07) is 8.04. The first kappa shape index (κ1) is 10.6. The third kappa shape index (κ3) is 2.04. The van der Waals surface area contributed by atoms with Gasteiger partial charge in [-0.05, 0) is 12.4 Å². The van der Waals surface area contributed by atoms with E-state index in [1.165, 1.54) is 0 Å². The molecule has 2 rings (SSSR count). The molecular formula is C13H15N3. The molecule has 0 atom stereocenters. The van der Waals surface area contributed by atoms with Gasteiger partial charge in [0.1, 0.15) is 5.82 Å². The zero-order chi connectivity index (χ0) is 11.4. The maximum Gasteiger partial charge on any atom is 0.131 e. The van der Waals surface area contributed by atoms with Crippen molar-refractivity contribution in [1.82, 2.24) is 10.3 Å². The average Bonchev–Trinajstić information content (AvgIpc) is 2.33. The highest BCUT2D eigenvalue weighted by Crippen LogP contribution is 2.22. The number of aromatic nitrogens is 1. The van der Waals surface area contributed by atoms with Crippen molar-refractivity contribution in [3.05, 3.63) is 42.1 Å². The van der Waals surface area contributed by atoms with Gasteiger partial charge in [-0.15, -0.1) is 0 Å². The number of hydrogen-bond acceptors (Lipinski definition) is 3. The molecule has 3 nitrogen and oxygen atoms in total. The van der Waals surface area contributed by atoms with Crippen LogP contribution < -0.4 is 11.1 Å². The topological polar surface area (TPSA) is 50.9 Å². The van der Waals surface area contributed by atoms with Gasteiger partial charge < -0.3 is 11.1 Å². The molecule has 1 aromatic heterocycles. The molecule has 0 aliphatic heterocycles. The summed E-state index contributed by atoms with van der Waals surface area (Å²) in [5.41, 5.74) is 6.93. The molecule has 0 saturated carbocycles. The Hall–Kier alpha value is -1.87. The largest absolute Gasteiger partial charge is 0.383 e. The first-order valence-corrected chi connectivity index (χ1v) is 5.27. The van der Waals surface area contributed by atoms with Gasteiger partial charge in [-0.3, -0.25) is 0 Å². The third-order valence-corrected chi connectivity index (χ3v) is 2.48. The van der Waals surface area contributed by atoms with Crippen LogP contribution in [0.4, 0.5) is 5.82 Å². The maximum absolute atomic E-state index is 5.83. The number of pyridine rings is 1. The van der Waals surface area contributed by atoms with Crippen molar-refractivity contribution >= 4 is 22.7 Å². The molecule has 0 aliphatic rings. The monoisotopic (exact) mass is 213 g/mol. The molecule has 0 bridgehead atoms. The molecule has 1 aromatic carbocycles. The lowest BCUT2D eigenvalue weighted by atomic mass is 10.1. The quantitative estimate of drug-likeness (QED) is 0.820. The molecule has 16 heavy (non-hydrogen) atoms. The van der Waals surface area contributed by atoms with Crippen LogP contribution in [0.3, 0.4) is 0 Å². The fourth-order valence-electron chi connectivity index (χ4n) is 1.67. The number of benzene rings is 1. The predicted molar refractivity (Wildman–Crippen MR) is 69.1 cm³/mol. The Bertz CT molecular complexity index is 518. The van der Waals surface area contributed by atoms with E-state index in [1.54, 1.807) is 0 Å². The number of nitrogen functional groups attached to an aromatic ring is 1. The zero-order valence-corrected chi connectivity index (χ0v) is 9.27. The first-order chi connectivity index (χ1) is 7.83. The SMILES string of the molecule is CNCC=Cc1cnc(N)c2ccccc12. The number of anilines is 1. The Morgan fingerprint density at radius 2 is 2.06 bits per heavy atom. The number of likely N-dealkylation sites (N-methyl/N-ethyl adjacent to an activating group) is 1. The van der Waals surface area contributed by atoms with E-state index < -0.39 is 0 Å². The van der Waals surface area contributed by atoms with Crippen molar-refractivity contribution < 1.29 is 0 Å². The molecule has 0 saturated heterocycles. The number of fused-ring (bicyclic) bond motifs is 1. The highest BCUT2D eigenvalue weighted by molar-refractivity contribution is 5.96. The fourth-order valence-corrected chi connectivity index (χ4v) is 1.67. The molecule has 0 fully saturated rings. The fraction of sp³-hybridized carbons (Fsp3) is 0.154. The van der Waals surface area contributed by atoms with E-state index in [9.17, 15) is 0 Å². The van der Waals surface area contributed by atoms with Gasteiger partial charge in [0.2, 0.25) is 0 Å². The van der Waals surface area contributed by atoms with Crippen LogP contribution in [0, 0.1) is 0 Å². The minimum atomic E-state index is 0.585. The van der Waals surface area contributed by atoms with Crippen molar-refractivity contribution in [2.24, 2.45) is 0 Å². The van der Waals surface area contributed by atoms with Crippen molar-refractivity contribution in [3.8, 4) is 0 Å². The van der Waals surface area contributed by atoms with Crippen LogP contribution in [-0.2, 0) is 0 Å². The first-order valence-electron chi connectivity index (χ1n) is 5.27. The second kappa shape index (κ2) is 4.77. The van der Waals surface area contributed by atoms with E-state index in [2.05, 4.69) is 28.5 Å². The lowest BCUT2D eigenvalue weighted by Crippen LogP contribution is -2.03. The van der Waals surface area contributed by atoms with Crippen LogP contribution in [0.1, 0.15) is 5.56 Å². The summed E-state index contributed by atoms with van der Waals surface area (Å²) in [6.45, 7) is 0.846. The Kier molecular flexibility index (Phi) is 3.17. The van der Waals surface area contributed by atoms with Crippen molar-refractivity contribution in [2.45, 2.75) is 0 Å². The molecule has 0 spiro atoms. The van der Waals surface area contributed by atoms with E-state index in [0.29, 0.717) is 5.82 Å². The summed E-state index contributed by atoms with van der Waals surface area (Å²) >= 11 is 0. The smallest absolute Gasteiger partial charge is 0.131 e. The van der Waals surface area contributed by atoms with Crippen LogP contribution >= 0.6 is 0 Å². The molecule has 82 valence electrons. The number of nitrogens with two attached hydrogens (primary N) is 1. The minimum absolute atomic E-state index is 0.585. The van der Waals surface area contributed by atoms with Crippen molar-refractivity contribution in [1.29, 1.82) is 0 Å². The van der Waals surface area contributed by atoms with Gasteiger partial charge in [-0.1, -0.05) is 36.4 Å². The number of nitrogens with one attached hydrogen (secondary N) is 1. The summed E-state index contributed by atoms with van der Waals surface area (Å²) in [5, 5.41) is 5.21. The maximum atomic E-state index is 5.83. The molecule has 0 unspecified atom stereocenters. The Balaban J connectivity index is 2.50. The standard InChI is InChI=1S/C13H15N3/c1-15-8-4-5-10-9-16-13(14)12-7-3-2-6-11(10)12/h2-7,9,15H,8H2,1H3,(H2,14,16). The second-order valence-electron chi connectivity index (χ2n) is 3.60. The molecule has 0 amide bonds. The van der Waals surface area contributed by atoms with E-state index in [-0.39, 0.29) is 0 Å². The van der Waals surface area contributed by atoms with Gasteiger partial charge in [0.15, 0.2) is 0 Å². The molecule has 3 N–H and O–H groups in total. The van der Waals surface area contributed by atoms with Gasteiger partial charge in [0, 0.05) is 23.7 Å². The summed E-state index contributed by atoms with van der Waals surface area (Å²) < 4.78 is 0. The Morgan fingerprint density at radius 3 is 2.81 bits per heavy atom. The van der Waals surface area contributed by atoms with Crippen molar-refractivity contribution in [3.63, 3.8) is 0 Å². The van der Waals surface area contributed by atoms with Crippen LogP contribution in [0.5, 0.6) is 0 Å². The lowest BCUT2D eigenvalue weighted by molar-refractivity contribution is 0.922. The highest BCUT2D eigenvalue weighted by Gasteiger charge is 2.01. The van der Waals surface area contributed by atoms with E-state index in [1.807, 2.05) is 31.4 Å². The van der Waals surface area contributed by atoms with Crippen LogP contribution in [0.2, 0.25) is 0 Å². The molecule has 0 aliphatic carbocycles. The minimum Gasteiger partial charge on any atom is -0.383 e. The number of hydrogen-bond donors (Lipinski definition) is 2. The predicted octanol–water partition coefficient (Wildman–Crippen LogP) is 2.05. The highest BCUT2D eigenvalue weighted by atomic mass is 14.8. The van der Waals surface area contributed by atoms with Gasteiger partial charge in [-0.2, -0.15) is 0 Å². The van der Waals surface area contributed by atoms with Crippen LogP contribution in [0.15, 0.2) is 36.5 Å². The molecule has 3 heteroatoms. The summed E-state index contributed by atoms with van der Waals surface area (Å²) in [5.74, 6) is 0.585. The lowest BCUT2D eigenvalue weighted by Gasteiger charge is -2.04. The summed E-state index contributed by atoms with van der Waals surface area (Å²) in [6.07, 6.45) is 5.94. The summed E-state index contributed by atoms with van der Waals surface area (Å²) in [4.78, 5) is 4.19. The van der Waals surface area contributed by atoms with Gasteiger partial charge >= 0.3 is 0 Å². The number of nitrogens with zero attached hydrogens (tertiary/aromatic N) is 1. The Morgan fingerprint density at radius 1 is 1.31 bits per heavy atom. The van der Waals surface area contributed by atoms with Crippen LogP contribution in [0.25, 0.3) is 16.8 Å². The van der Waals surface area contributed by atoms with Gasteiger partial charge in [-0.25, -0.2) is 4.98 Å². The normalized spacial score (nSPS) is 11.3. The van der Waals surface area contributed by atoms with E-state index in [4.69, 9.17) is 5.73 Å². The van der Waals surface area contributed by atoms with Crippen molar-refractivity contribution in [2.75, 3.05) is 19.3 Å².